The van der Waals surface area contributed by atoms with Gasteiger partial charge in [0.15, 0.2) is 11.5 Å². The molecule has 1 N–H and O–H groups in total. The Hall–Kier alpha value is -3.23. The van der Waals surface area contributed by atoms with E-state index in [-0.39, 0.29) is 29.0 Å². The second kappa shape index (κ2) is 11.0. The van der Waals surface area contributed by atoms with Crippen molar-refractivity contribution < 1.29 is 28.9 Å². The van der Waals surface area contributed by atoms with Gasteiger partial charge in [-0.05, 0) is 63.8 Å². The number of likely N-dealkylation sites (N-methyl/N-ethyl adjacent to an activating group) is 1. The van der Waals surface area contributed by atoms with E-state index >= 15 is 0 Å². The third kappa shape index (κ3) is 5.55. The summed E-state index contributed by atoms with van der Waals surface area (Å²) in [7, 11) is 6.77. The van der Waals surface area contributed by atoms with Crippen LogP contribution in [0.1, 0.15) is 31.0 Å². The average Bonchev–Trinajstić information content (AvgIpc) is 3.06. The molecule has 0 aliphatic carbocycles. The van der Waals surface area contributed by atoms with E-state index in [9.17, 15) is 14.7 Å². The van der Waals surface area contributed by atoms with Gasteiger partial charge in [-0.25, -0.2) is 0 Å². The van der Waals surface area contributed by atoms with Gasteiger partial charge in [-0.15, -0.1) is 0 Å². The van der Waals surface area contributed by atoms with Gasteiger partial charge >= 0.3 is 0 Å². The second-order valence-electron chi connectivity index (χ2n) is 8.72. The molecule has 188 valence electrons. The average molecular weight is 503 g/mol. The van der Waals surface area contributed by atoms with E-state index in [1.807, 2.05) is 32.8 Å². The Morgan fingerprint density at radius 1 is 1.06 bits per heavy atom. The minimum Gasteiger partial charge on any atom is -0.507 e. The van der Waals surface area contributed by atoms with Crippen molar-refractivity contribution in [2.45, 2.75) is 26.0 Å². The first kappa shape index (κ1) is 26.4. The standard InChI is InChI=1S/C26H31ClN2O6/c1-15(2)35-20-10-7-16(14-21(20)34-6)23-22(25(31)26(32)29(23)12-11-28(3)4)24(30)17-8-9-19(33-5)18(27)13-17/h7-10,13-15,23,30H,11-12H2,1-6H3/b24-22-. The molecule has 0 radical (unpaired) electrons. The number of aliphatic hydroxyl groups is 1. The van der Waals surface area contributed by atoms with Gasteiger partial charge in [0.25, 0.3) is 11.7 Å². The van der Waals surface area contributed by atoms with Crippen LogP contribution in [0, 0.1) is 0 Å². The molecule has 9 heteroatoms. The molecule has 8 nitrogen and oxygen atoms in total. The van der Waals surface area contributed by atoms with E-state index < -0.39 is 17.7 Å². The van der Waals surface area contributed by atoms with Gasteiger partial charge in [0.05, 0.1) is 37.0 Å². The lowest BCUT2D eigenvalue weighted by Crippen LogP contribution is -2.35. The highest BCUT2D eigenvalue weighted by Crippen LogP contribution is 2.42. The molecule has 35 heavy (non-hydrogen) atoms. The molecule has 1 atom stereocenters. The first-order chi connectivity index (χ1) is 16.6. The summed E-state index contributed by atoms with van der Waals surface area (Å²) in [5.41, 5.74) is 0.893. The van der Waals surface area contributed by atoms with E-state index in [0.717, 1.165) is 0 Å². The molecule has 1 heterocycles. The number of carbonyl (C=O) groups excluding carboxylic acids is 2. The molecule has 3 rings (SSSR count). The number of methoxy groups -OCH3 is 2. The van der Waals surface area contributed by atoms with Crippen LogP contribution in [0.25, 0.3) is 5.76 Å². The first-order valence-electron chi connectivity index (χ1n) is 11.2. The molecule has 2 aromatic carbocycles. The maximum absolute atomic E-state index is 13.2. The summed E-state index contributed by atoms with van der Waals surface area (Å²) in [5.74, 6) is -0.331. The SMILES string of the molecule is COc1ccc(/C(O)=C2/C(=O)C(=O)N(CCN(C)C)C2c2ccc(OC(C)C)c(OC)c2)cc1Cl. The fourth-order valence-corrected chi connectivity index (χ4v) is 4.20. The number of rotatable bonds is 9. The minimum atomic E-state index is -0.821. The lowest BCUT2D eigenvalue weighted by atomic mass is 9.95. The fourth-order valence-electron chi connectivity index (χ4n) is 3.94. The zero-order chi connectivity index (χ0) is 25.9. The van der Waals surface area contributed by atoms with Crippen molar-refractivity contribution in [3.63, 3.8) is 0 Å². The highest BCUT2D eigenvalue weighted by atomic mass is 35.5. The number of ether oxygens (including phenoxy) is 3. The lowest BCUT2D eigenvalue weighted by Gasteiger charge is -2.27. The van der Waals surface area contributed by atoms with Gasteiger partial charge in [0, 0.05) is 18.7 Å². The number of benzene rings is 2. The van der Waals surface area contributed by atoms with Crippen LogP contribution in [0.3, 0.4) is 0 Å². The van der Waals surface area contributed by atoms with Crippen LogP contribution in [0.4, 0.5) is 0 Å². The molecule has 0 spiro atoms. The third-order valence-electron chi connectivity index (χ3n) is 5.62. The number of aliphatic hydroxyl groups excluding tert-OH is 1. The molecule has 1 amide bonds. The number of halogens is 1. The van der Waals surface area contributed by atoms with Crippen molar-refractivity contribution in [2.24, 2.45) is 0 Å². The Labute approximate surface area is 210 Å². The number of hydrogen-bond donors (Lipinski definition) is 1. The number of hydrogen-bond acceptors (Lipinski definition) is 7. The van der Waals surface area contributed by atoms with E-state index in [4.69, 9.17) is 25.8 Å². The van der Waals surface area contributed by atoms with E-state index in [1.54, 1.807) is 30.3 Å². The summed E-state index contributed by atoms with van der Waals surface area (Å²) in [6.07, 6.45) is -0.0692. The van der Waals surface area contributed by atoms with Crippen LogP contribution in [0.2, 0.25) is 5.02 Å². The molecule has 1 unspecified atom stereocenters. The van der Waals surface area contributed by atoms with Crippen LogP contribution in [0.15, 0.2) is 42.0 Å². The van der Waals surface area contributed by atoms with Crippen LogP contribution in [-0.2, 0) is 9.59 Å². The monoisotopic (exact) mass is 502 g/mol. The van der Waals surface area contributed by atoms with Crippen molar-refractivity contribution in [3.05, 3.63) is 58.1 Å². The van der Waals surface area contributed by atoms with Crippen molar-refractivity contribution in [3.8, 4) is 17.2 Å². The molecule has 1 fully saturated rings. The van der Waals surface area contributed by atoms with Gasteiger partial charge in [0.2, 0.25) is 0 Å². The molecule has 2 aromatic rings. The summed E-state index contributed by atoms with van der Waals surface area (Å²) >= 11 is 6.25. The maximum Gasteiger partial charge on any atom is 0.295 e. The van der Waals surface area contributed by atoms with Crippen LogP contribution in [-0.4, -0.2) is 74.1 Å². The van der Waals surface area contributed by atoms with Crippen molar-refractivity contribution in [1.82, 2.24) is 9.80 Å². The maximum atomic E-state index is 13.2. The molecule has 1 aliphatic rings. The van der Waals surface area contributed by atoms with Crippen molar-refractivity contribution in [1.29, 1.82) is 0 Å². The molecular formula is C26H31ClN2O6. The molecular weight excluding hydrogens is 472 g/mol. The largest absolute Gasteiger partial charge is 0.507 e. The molecule has 0 saturated carbocycles. The smallest absolute Gasteiger partial charge is 0.295 e. The summed E-state index contributed by atoms with van der Waals surface area (Å²) in [4.78, 5) is 29.7. The van der Waals surface area contributed by atoms with Gasteiger partial charge in [-0.2, -0.15) is 0 Å². The zero-order valence-electron chi connectivity index (χ0n) is 20.8. The van der Waals surface area contributed by atoms with Crippen LogP contribution in [0.5, 0.6) is 17.2 Å². The van der Waals surface area contributed by atoms with E-state index in [0.29, 0.717) is 34.9 Å². The van der Waals surface area contributed by atoms with Crippen LogP contribution < -0.4 is 14.2 Å². The quantitative estimate of drug-likeness (QED) is 0.313. The number of amides is 1. The molecule has 0 aromatic heterocycles. The van der Waals surface area contributed by atoms with E-state index in [2.05, 4.69) is 0 Å². The summed E-state index contributed by atoms with van der Waals surface area (Å²) in [5, 5.41) is 11.5. The predicted octanol–water partition coefficient (Wildman–Crippen LogP) is 4.13. The summed E-state index contributed by atoms with van der Waals surface area (Å²) < 4.78 is 16.5. The van der Waals surface area contributed by atoms with Gasteiger partial charge < -0.3 is 29.1 Å². The van der Waals surface area contributed by atoms with Crippen molar-refractivity contribution >= 4 is 29.1 Å². The van der Waals surface area contributed by atoms with E-state index in [1.165, 1.54) is 25.2 Å². The lowest BCUT2D eigenvalue weighted by molar-refractivity contribution is -0.140. The molecule has 0 bridgehead atoms. The zero-order valence-corrected chi connectivity index (χ0v) is 21.5. The fraction of sp³-hybridized carbons (Fsp3) is 0.385. The van der Waals surface area contributed by atoms with Crippen LogP contribution >= 0.6 is 11.6 Å². The van der Waals surface area contributed by atoms with Crippen molar-refractivity contribution in [2.75, 3.05) is 41.4 Å². The van der Waals surface area contributed by atoms with Gasteiger partial charge in [-0.1, -0.05) is 17.7 Å². The second-order valence-corrected chi connectivity index (χ2v) is 9.13. The Bertz CT molecular complexity index is 1140. The highest BCUT2D eigenvalue weighted by molar-refractivity contribution is 6.46. The van der Waals surface area contributed by atoms with Gasteiger partial charge in [-0.3, -0.25) is 9.59 Å². The Morgan fingerprint density at radius 2 is 1.71 bits per heavy atom. The number of nitrogens with zero attached hydrogens (tertiary/aromatic N) is 2. The number of carbonyl (C=O) groups is 2. The molecule has 1 saturated heterocycles. The summed E-state index contributed by atoms with van der Waals surface area (Å²) in [6.45, 7) is 4.63. The minimum absolute atomic E-state index is 0.0189. The molecule has 1 aliphatic heterocycles. The Balaban J connectivity index is 2.18. The summed E-state index contributed by atoms with van der Waals surface area (Å²) in [6, 6.07) is 9.10. The normalized spacial score (nSPS) is 17.4. The number of likely N-dealkylation sites (tertiary alicyclic amines) is 1. The Kier molecular flexibility index (Phi) is 8.30. The topological polar surface area (TPSA) is 88.5 Å². The Morgan fingerprint density at radius 3 is 2.29 bits per heavy atom. The number of ketones is 1. The highest BCUT2D eigenvalue weighted by Gasteiger charge is 2.46. The first-order valence-corrected chi connectivity index (χ1v) is 11.6. The third-order valence-corrected chi connectivity index (χ3v) is 5.91. The predicted molar refractivity (Wildman–Crippen MR) is 134 cm³/mol. The number of Topliss-reactive ketones (excluding diaryl/α,β-unsaturated/α-hetero) is 1. The van der Waals surface area contributed by atoms with Gasteiger partial charge in [0.1, 0.15) is 11.5 Å².